The van der Waals surface area contributed by atoms with Crippen LogP contribution in [0.15, 0.2) is 58.8 Å². The quantitative estimate of drug-likeness (QED) is 0.436. The van der Waals surface area contributed by atoms with Crippen molar-refractivity contribution in [1.29, 1.82) is 0 Å². The summed E-state index contributed by atoms with van der Waals surface area (Å²) in [5, 5.41) is 19.4. The van der Waals surface area contributed by atoms with Gasteiger partial charge in [-0.1, -0.05) is 17.7 Å². The van der Waals surface area contributed by atoms with Gasteiger partial charge in [0.05, 0.1) is 10.6 Å². The van der Waals surface area contributed by atoms with Gasteiger partial charge in [0.2, 0.25) is 0 Å². The number of nitrogens with zero attached hydrogens (tertiary/aromatic N) is 3. The van der Waals surface area contributed by atoms with Crippen molar-refractivity contribution in [1.82, 2.24) is 0 Å². The van der Waals surface area contributed by atoms with Crippen molar-refractivity contribution in [3.63, 3.8) is 0 Å². The maximum absolute atomic E-state index is 10.7. The Kier molecular flexibility index (Phi) is 5.43. The lowest BCUT2D eigenvalue weighted by Gasteiger charge is -2.08. The molecule has 0 saturated carbocycles. The summed E-state index contributed by atoms with van der Waals surface area (Å²) in [5.41, 5.74) is 0.425. The summed E-state index contributed by atoms with van der Waals surface area (Å²) < 4.78 is 5.55. The highest BCUT2D eigenvalue weighted by atomic mass is 35.5. The molecular formula is C15H14ClN3O3. The zero-order valence-corrected chi connectivity index (χ0v) is 12.6. The molecule has 1 unspecified atom stereocenters. The first kappa shape index (κ1) is 15.9. The Balaban J connectivity index is 1.91. The largest absolute Gasteiger partial charge is 0.491 e. The van der Waals surface area contributed by atoms with E-state index in [1.165, 1.54) is 12.1 Å². The lowest BCUT2D eigenvalue weighted by Crippen LogP contribution is -2.10. The molecule has 0 saturated heterocycles. The molecule has 22 heavy (non-hydrogen) atoms. The number of nitro groups is 1. The summed E-state index contributed by atoms with van der Waals surface area (Å²) in [6.45, 7) is 2.19. The Bertz CT molecular complexity index is 674. The van der Waals surface area contributed by atoms with E-state index >= 15 is 0 Å². The molecule has 0 spiro atoms. The molecule has 0 aliphatic heterocycles. The first-order chi connectivity index (χ1) is 10.5. The van der Waals surface area contributed by atoms with Crippen LogP contribution in [0.5, 0.6) is 5.75 Å². The fourth-order valence-corrected chi connectivity index (χ4v) is 1.74. The van der Waals surface area contributed by atoms with E-state index in [2.05, 4.69) is 10.2 Å². The van der Waals surface area contributed by atoms with Crippen molar-refractivity contribution in [2.24, 2.45) is 10.2 Å². The molecule has 0 aliphatic carbocycles. The van der Waals surface area contributed by atoms with Crippen molar-refractivity contribution < 1.29 is 9.66 Å². The Morgan fingerprint density at radius 3 is 2.68 bits per heavy atom. The predicted molar refractivity (Wildman–Crippen MR) is 84.0 cm³/mol. The maximum atomic E-state index is 10.7. The molecule has 0 N–H and O–H groups in total. The maximum Gasteiger partial charge on any atom is 0.271 e. The third-order valence-electron chi connectivity index (χ3n) is 2.72. The number of nitro benzene ring substituents is 1. The molecule has 0 aromatic heterocycles. The van der Waals surface area contributed by atoms with Gasteiger partial charge in [-0.25, -0.2) is 0 Å². The van der Waals surface area contributed by atoms with Crippen LogP contribution in [-0.2, 0) is 0 Å². The van der Waals surface area contributed by atoms with E-state index in [1.807, 2.05) is 6.92 Å². The molecule has 0 aliphatic rings. The van der Waals surface area contributed by atoms with Crippen molar-refractivity contribution in [3.05, 3.63) is 63.7 Å². The number of hydrogen-bond donors (Lipinski definition) is 0. The Hall–Kier alpha value is -2.47. The van der Waals surface area contributed by atoms with Gasteiger partial charge >= 0.3 is 0 Å². The zero-order chi connectivity index (χ0) is 15.9. The van der Waals surface area contributed by atoms with Crippen LogP contribution in [0, 0.1) is 10.1 Å². The van der Waals surface area contributed by atoms with Crippen LogP contribution in [0.2, 0.25) is 5.02 Å². The van der Waals surface area contributed by atoms with E-state index in [0.29, 0.717) is 23.1 Å². The van der Waals surface area contributed by atoms with E-state index in [4.69, 9.17) is 16.3 Å². The molecule has 2 aromatic carbocycles. The van der Waals surface area contributed by atoms with Crippen molar-refractivity contribution in [3.8, 4) is 5.75 Å². The highest BCUT2D eigenvalue weighted by molar-refractivity contribution is 6.30. The smallest absolute Gasteiger partial charge is 0.271 e. The van der Waals surface area contributed by atoms with Crippen LogP contribution in [0.4, 0.5) is 11.4 Å². The van der Waals surface area contributed by atoms with Gasteiger partial charge in [0.1, 0.15) is 18.4 Å². The third-order valence-corrected chi connectivity index (χ3v) is 2.97. The molecular weight excluding hydrogens is 306 g/mol. The topological polar surface area (TPSA) is 77.1 Å². The Labute approximate surface area is 132 Å². The van der Waals surface area contributed by atoms with E-state index in [-0.39, 0.29) is 11.7 Å². The van der Waals surface area contributed by atoms with Crippen molar-refractivity contribution >= 4 is 23.0 Å². The number of azo groups is 1. The summed E-state index contributed by atoms with van der Waals surface area (Å²) in [4.78, 5) is 10.2. The van der Waals surface area contributed by atoms with Gasteiger partial charge in [-0.3, -0.25) is 10.1 Å². The number of non-ortho nitro benzene ring substituents is 1. The van der Waals surface area contributed by atoms with Crippen LogP contribution in [-0.4, -0.2) is 17.6 Å². The molecule has 0 radical (unpaired) electrons. The summed E-state index contributed by atoms with van der Waals surface area (Å²) in [7, 11) is 0. The predicted octanol–water partition coefficient (Wildman–Crippen LogP) is 4.80. The summed E-state index contributed by atoms with van der Waals surface area (Å²) in [6.07, 6.45) is 0. The normalized spacial score (nSPS) is 12.3. The Morgan fingerprint density at radius 2 is 2.00 bits per heavy atom. The van der Waals surface area contributed by atoms with Gasteiger partial charge in [0.15, 0.2) is 0 Å². The van der Waals surface area contributed by atoms with Gasteiger partial charge in [-0.2, -0.15) is 10.2 Å². The number of benzene rings is 2. The van der Waals surface area contributed by atoms with Crippen molar-refractivity contribution in [2.75, 3.05) is 6.61 Å². The average molecular weight is 320 g/mol. The summed E-state index contributed by atoms with van der Waals surface area (Å²) in [5.74, 6) is 0.696. The van der Waals surface area contributed by atoms with Gasteiger partial charge in [0.25, 0.3) is 5.69 Å². The second-order valence-electron chi connectivity index (χ2n) is 4.61. The first-order valence-electron chi connectivity index (χ1n) is 6.58. The van der Waals surface area contributed by atoms with Gasteiger partial charge < -0.3 is 4.74 Å². The molecule has 7 heteroatoms. The Morgan fingerprint density at radius 1 is 1.27 bits per heavy atom. The minimum absolute atomic E-state index is 0.0125. The highest BCUT2D eigenvalue weighted by Gasteiger charge is 2.06. The minimum Gasteiger partial charge on any atom is -0.491 e. The molecule has 0 amide bonds. The first-order valence-corrected chi connectivity index (χ1v) is 6.96. The van der Waals surface area contributed by atoms with Crippen LogP contribution in [0.3, 0.4) is 0 Å². The molecule has 6 nitrogen and oxygen atoms in total. The number of rotatable bonds is 6. The lowest BCUT2D eigenvalue weighted by molar-refractivity contribution is -0.384. The molecule has 114 valence electrons. The molecule has 0 heterocycles. The van der Waals surface area contributed by atoms with Crippen molar-refractivity contribution in [2.45, 2.75) is 13.0 Å². The molecule has 2 rings (SSSR count). The lowest BCUT2D eigenvalue weighted by atomic mass is 10.3. The standard InChI is InChI=1S/C15H14ClN3O3/c1-11(10-22-15-7-5-12(16)6-8-15)17-18-13-3-2-4-14(9-13)19(20)21/h2-9,11H,10H2,1H3. The summed E-state index contributed by atoms with van der Waals surface area (Å²) >= 11 is 5.79. The van der Waals surface area contributed by atoms with Crippen LogP contribution in [0.1, 0.15) is 6.92 Å². The van der Waals surface area contributed by atoms with Crippen LogP contribution in [0.25, 0.3) is 0 Å². The van der Waals surface area contributed by atoms with E-state index < -0.39 is 4.92 Å². The van der Waals surface area contributed by atoms with Gasteiger partial charge in [-0.05, 0) is 37.3 Å². The fraction of sp³-hybridized carbons (Fsp3) is 0.200. The number of halogens is 1. The van der Waals surface area contributed by atoms with Gasteiger partial charge in [-0.15, -0.1) is 0 Å². The summed E-state index contributed by atoms with van der Waals surface area (Å²) in [6, 6.07) is 12.8. The second-order valence-corrected chi connectivity index (χ2v) is 5.04. The average Bonchev–Trinajstić information content (AvgIpc) is 2.52. The SMILES string of the molecule is CC(COc1ccc(Cl)cc1)N=Nc1cccc([N+](=O)[O-])c1. The minimum atomic E-state index is -0.466. The van der Waals surface area contributed by atoms with E-state index in [9.17, 15) is 10.1 Å². The van der Waals surface area contributed by atoms with Crippen LogP contribution >= 0.6 is 11.6 Å². The van der Waals surface area contributed by atoms with E-state index in [1.54, 1.807) is 36.4 Å². The van der Waals surface area contributed by atoms with Crippen LogP contribution < -0.4 is 4.74 Å². The third kappa shape index (κ3) is 4.82. The number of ether oxygens (including phenoxy) is 1. The highest BCUT2D eigenvalue weighted by Crippen LogP contribution is 2.20. The fourth-order valence-electron chi connectivity index (χ4n) is 1.62. The van der Waals surface area contributed by atoms with E-state index in [0.717, 1.165) is 0 Å². The molecule has 0 fully saturated rings. The monoisotopic (exact) mass is 319 g/mol. The van der Waals surface area contributed by atoms with Gasteiger partial charge in [0, 0.05) is 17.2 Å². The number of hydrogen-bond acceptors (Lipinski definition) is 5. The molecule has 2 aromatic rings. The molecule has 0 bridgehead atoms. The second kappa shape index (κ2) is 7.51. The molecule has 1 atom stereocenters. The zero-order valence-electron chi connectivity index (χ0n) is 11.8.